The Hall–Kier alpha value is -3.79. The minimum Gasteiger partial charge on any atom is -0.468 e. The Bertz CT molecular complexity index is 1310. The van der Waals surface area contributed by atoms with Gasteiger partial charge >= 0.3 is 11.9 Å². The Morgan fingerprint density at radius 3 is 2.76 bits per heavy atom. The SMILES string of the molecule is COC(=O)Cn1c(=NC(=O)c2cc3ccccc3o2)sc2cc([N+](=O)[O-])ccc21. The molecule has 0 aliphatic carbocycles. The van der Waals surface area contributed by atoms with Crippen molar-refractivity contribution in [3.8, 4) is 0 Å². The van der Waals surface area contributed by atoms with Crippen molar-refractivity contribution in [3.63, 3.8) is 0 Å². The fourth-order valence-electron chi connectivity index (χ4n) is 2.84. The van der Waals surface area contributed by atoms with Crippen molar-refractivity contribution < 1.29 is 23.7 Å². The number of thiazole rings is 1. The third kappa shape index (κ3) is 3.52. The van der Waals surface area contributed by atoms with Crippen LogP contribution in [0.25, 0.3) is 21.2 Å². The standard InChI is InChI=1S/C19H13N3O6S/c1-27-17(23)10-21-13-7-6-12(22(25)26)9-16(13)29-19(21)20-18(24)15-8-11-4-2-3-5-14(11)28-15/h2-9H,10H2,1H3. The Kier molecular flexibility index (Phi) is 4.69. The minimum absolute atomic E-state index is 0.0549. The van der Waals surface area contributed by atoms with E-state index in [1.165, 1.54) is 29.9 Å². The van der Waals surface area contributed by atoms with Crippen LogP contribution in [0, 0.1) is 10.1 Å². The van der Waals surface area contributed by atoms with E-state index in [2.05, 4.69) is 4.99 Å². The molecule has 0 saturated heterocycles. The topological polar surface area (TPSA) is 117 Å². The van der Waals surface area contributed by atoms with Crippen LogP contribution in [0.1, 0.15) is 10.6 Å². The van der Waals surface area contributed by atoms with Crippen LogP contribution in [0.3, 0.4) is 0 Å². The molecule has 2 heterocycles. The first-order chi connectivity index (χ1) is 14.0. The second-order valence-electron chi connectivity index (χ2n) is 6.02. The van der Waals surface area contributed by atoms with Gasteiger partial charge in [0, 0.05) is 17.5 Å². The number of methoxy groups -OCH3 is 1. The number of esters is 1. The average Bonchev–Trinajstić information content (AvgIpc) is 3.29. The van der Waals surface area contributed by atoms with E-state index in [-0.39, 0.29) is 22.8 Å². The molecule has 146 valence electrons. The zero-order chi connectivity index (χ0) is 20.5. The number of amides is 1. The summed E-state index contributed by atoms with van der Waals surface area (Å²) in [7, 11) is 1.25. The fraction of sp³-hybridized carbons (Fsp3) is 0.105. The van der Waals surface area contributed by atoms with Crippen LogP contribution in [0.2, 0.25) is 0 Å². The van der Waals surface area contributed by atoms with E-state index in [0.717, 1.165) is 16.7 Å². The molecule has 0 atom stereocenters. The maximum absolute atomic E-state index is 12.7. The van der Waals surface area contributed by atoms with Gasteiger partial charge in [-0.25, -0.2) is 0 Å². The highest BCUT2D eigenvalue weighted by Crippen LogP contribution is 2.24. The monoisotopic (exact) mass is 411 g/mol. The number of hydrogen-bond acceptors (Lipinski definition) is 7. The summed E-state index contributed by atoms with van der Waals surface area (Å²) in [6.45, 7) is -0.194. The van der Waals surface area contributed by atoms with Crippen molar-refractivity contribution in [2.45, 2.75) is 6.54 Å². The largest absolute Gasteiger partial charge is 0.468 e. The molecule has 29 heavy (non-hydrogen) atoms. The lowest BCUT2D eigenvalue weighted by atomic mass is 10.2. The number of nitro groups is 1. The van der Waals surface area contributed by atoms with Gasteiger partial charge in [-0.15, -0.1) is 0 Å². The number of non-ortho nitro benzene ring substituents is 1. The van der Waals surface area contributed by atoms with Gasteiger partial charge in [0.15, 0.2) is 10.6 Å². The van der Waals surface area contributed by atoms with E-state index >= 15 is 0 Å². The van der Waals surface area contributed by atoms with Crippen molar-refractivity contribution in [1.29, 1.82) is 0 Å². The van der Waals surface area contributed by atoms with Gasteiger partial charge in [0.1, 0.15) is 12.1 Å². The van der Waals surface area contributed by atoms with Crippen LogP contribution in [0.4, 0.5) is 5.69 Å². The normalized spacial score (nSPS) is 11.8. The predicted molar refractivity (Wildman–Crippen MR) is 105 cm³/mol. The summed E-state index contributed by atoms with van der Waals surface area (Å²) in [6.07, 6.45) is 0. The fourth-order valence-corrected chi connectivity index (χ4v) is 3.90. The lowest BCUT2D eigenvalue weighted by molar-refractivity contribution is -0.384. The van der Waals surface area contributed by atoms with E-state index < -0.39 is 16.8 Å². The molecular formula is C19H13N3O6S. The summed E-state index contributed by atoms with van der Waals surface area (Å²) < 4.78 is 12.2. The van der Waals surface area contributed by atoms with E-state index in [9.17, 15) is 19.7 Å². The molecule has 0 fully saturated rings. The summed E-state index contributed by atoms with van der Waals surface area (Å²) >= 11 is 1.06. The molecule has 0 bridgehead atoms. The predicted octanol–water partition coefficient (Wildman–Crippen LogP) is 3.27. The third-order valence-electron chi connectivity index (χ3n) is 4.23. The van der Waals surface area contributed by atoms with Gasteiger partial charge in [-0.3, -0.25) is 19.7 Å². The number of benzene rings is 2. The third-order valence-corrected chi connectivity index (χ3v) is 5.27. The number of carbonyl (C=O) groups is 2. The van der Waals surface area contributed by atoms with Crippen LogP contribution in [-0.4, -0.2) is 28.5 Å². The minimum atomic E-state index is -0.624. The number of nitro benzene ring substituents is 1. The maximum Gasteiger partial charge on any atom is 0.325 e. The number of nitrogens with zero attached hydrogens (tertiary/aromatic N) is 3. The van der Waals surface area contributed by atoms with Gasteiger partial charge in [-0.2, -0.15) is 4.99 Å². The molecule has 0 aliphatic heterocycles. The smallest absolute Gasteiger partial charge is 0.325 e. The molecular weight excluding hydrogens is 398 g/mol. The quantitative estimate of drug-likeness (QED) is 0.289. The Morgan fingerprint density at radius 1 is 1.24 bits per heavy atom. The number of rotatable bonds is 4. The number of carbonyl (C=O) groups excluding carboxylic acids is 2. The number of hydrogen-bond donors (Lipinski definition) is 0. The lowest BCUT2D eigenvalue weighted by Crippen LogP contribution is -2.22. The molecule has 2 aromatic heterocycles. The number of furan rings is 1. The second-order valence-corrected chi connectivity index (χ2v) is 7.03. The number of para-hydroxylation sites is 1. The molecule has 0 spiro atoms. The van der Waals surface area contributed by atoms with Gasteiger partial charge < -0.3 is 13.7 Å². The van der Waals surface area contributed by atoms with Gasteiger partial charge in [-0.1, -0.05) is 29.5 Å². The van der Waals surface area contributed by atoms with E-state index in [1.54, 1.807) is 18.2 Å². The highest BCUT2D eigenvalue weighted by atomic mass is 32.1. The first-order valence-corrected chi connectivity index (χ1v) is 9.20. The van der Waals surface area contributed by atoms with Crippen molar-refractivity contribution >= 4 is 50.1 Å². The van der Waals surface area contributed by atoms with Crippen molar-refractivity contribution in [3.05, 3.63) is 69.2 Å². The first-order valence-electron chi connectivity index (χ1n) is 8.38. The number of ether oxygens (including phenoxy) is 1. The van der Waals surface area contributed by atoms with E-state index in [4.69, 9.17) is 9.15 Å². The molecule has 0 unspecified atom stereocenters. The van der Waals surface area contributed by atoms with Crippen molar-refractivity contribution in [2.24, 2.45) is 4.99 Å². The van der Waals surface area contributed by atoms with Gasteiger partial charge in [0.25, 0.3) is 5.69 Å². The highest BCUT2D eigenvalue weighted by molar-refractivity contribution is 7.16. The van der Waals surface area contributed by atoms with Crippen molar-refractivity contribution in [2.75, 3.05) is 7.11 Å². The Balaban J connectivity index is 1.85. The second kappa shape index (κ2) is 7.32. The van der Waals surface area contributed by atoms with Gasteiger partial charge in [-0.05, 0) is 18.2 Å². The molecule has 4 rings (SSSR count). The zero-order valence-corrected chi connectivity index (χ0v) is 15.8. The molecule has 0 saturated carbocycles. The average molecular weight is 411 g/mol. The van der Waals surface area contributed by atoms with Crippen molar-refractivity contribution in [1.82, 2.24) is 4.57 Å². The van der Waals surface area contributed by atoms with Gasteiger partial charge in [0.05, 0.1) is 22.2 Å². The summed E-state index contributed by atoms with van der Waals surface area (Å²) in [5.41, 5.74) is 0.988. The number of aromatic nitrogens is 1. The molecule has 2 aromatic carbocycles. The molecule has 10 heteroatoms. The Labute approximate surface area is 166 Å². The molecule has 4 aromatic rings. The molecule has 0 N–H and O–H groups in total. The van der Waals surface area contributed by atoms with Crippen LogP contribution < -0.4 is 4.80 Å². The molecule has 1 amide bonds. The number of fused-ring (bicyclic) bond motifs is 2. The first kappa shape index (κ1) is 18.6. The summed E-state index contributed by atoms with van der Waals surface area (Å²) in [5.74, 6) is -1.11. The highest BCUT2D eigenvalue weighted by Gasteiger charge is 2.17. The van der Waals surface area contributed by atoms with E-state index in [1.807, 2.05) is 12.1 Å². The molecule has 0 aliphatic rings. The summed E-state index contributed by atoms with van der Waals surface area (Å²) in [5, 5.41) is 11.8. The lowest BCUT2D eigenvalue weighted by Gasteiger charge is -2.03. The molecule has 9 nitrogen and oxygen atoms in total. The molecule has 0 radical (unpaired) electrons. The summed E-state index contributed by atoms with van der Waals surface area (Å²) in [4.78, 5) is 39.3. The Morgan fingerprint density at radius 2 is 2.03 bits per heavy atom. The van der Waals surface area contributed by atoms with E-state index in [0.29, 0.717) is 15.8 Å². The van der Waals surface area contributed by atoms with Crippen LogP contribution in [0.15, 0.2) is 57.9 Å². The van der Waals surface area contributed by atoms with Crippen LogP contribution >= 0.6 is 11.3 Å². The maximum atomic E-state index is 12.7. The summed E-state index contributed by atoms with van der Waals surface area (Å²) in [6, 6.07) is 13.0. The van der Waals surface area contributed by atoms with Crippen LogP contribution in [0.5, 0.6) is 0 Å². The van der Waals surface area contributed by atoms with Crippen LogP contribution in [-0.2, 0) is 16.1 Å². The zero-order valence-electron chi connectivity index (χ0n) is 15.0. The van der Waals surface area contributed by atoms with Gasteiger partial charge in [0.2, 0.25) is 0 Å².